The third kappa shape index (κ3) is 6.49. The molecule has 3 fully saturated rings. The number of likely N-dealkylation sites (N-methyl/N-ethyl adjacent to an activating group) is 1. The van der Waals surface area contributed by atoms with Gasteiger partial charge < -0.3 is 29.7 Å². The molecule has 0 radical (unpaired) electrons. The molecule has 2 N–H and O–H groups in total. The predicted molar refractivity (Wildman–Crippen MR) is 142 cm³/mol. The molecule has 3 heterocycles. The van der Waals surface area contributed by atoms with E-state index in [1.54, 1.807) is 30.1 Å². The Morgan fingerprint density at radius 2 is 1.82 bits per heavy atom. The van der Waals surface area contributed by atoms with Crippen molar-refractivity contribution in [3.05, 3.63) is 23.8 Å². The molecule has 3 amide bonds. The number of anilines is 1. The van der Waals surface area contributed by atoms with Crippen molar-refractivity contribution in [2.75, 3.05) is 38.7 Å². The van der Waals surface area contributed by atoms with Crippen LogP contribution >= 0.6 is 0 Å². The van der Waals surface area contributed by atoms with Crippen molar-refractivity contribution in [3.8, 4) is 5.75 Å². The molecular weight excluding hydrogens is 486 g/mol. The van der Waals surface area contributed by atoms with Crippen LogP contribution < -0.4 is 15.4 Å². The van der Waals surface area contributed by atoms with Gasteiger partial charge in [-0.2, -0.15) is 0 Å². The van der Waals surface area contributed by atoms with Crippen molar-refractivity contribution in [1.29, 1.82) is 0 Å². The van der Waals surface area contributed by atoms with Crippen molar-refractivity contribution in [2.24, 2.45) is 11.8 Å². The molecule has 1 saturated carbocycles. The second-order valence-electron chi connectivity index (χ2n) is 11.3. The fourth-order valence-corrected chi connectivity index (χ4v) is 6.24. The molecule has 4 aliphatic rings. The van der Waals surface area contributed by atoms with Crippen LogP contribution in [0.3, 0.4) is 0 Å². The Hall–Kier alpha value is -2.65. The minimum absolute atomic E-state index is 0.0379. The maximum atomic E-state index is 13.5. The number of ether oxygens (including phenoxy) is 3. The molecule has 208 valence electrons. The first-order chi connectivity index (χ1) is 18.5. The van der Waals surface area contributed by atoms with E-state index in [4.69, 9.17) is 14.2 Å². The van der Waals surface area contributed by atoms with Gasteiger partial charge in [-0.3, -0.25) is 14.4 Å². The summed E-state index contributed by atoms with van der Waals surface area (Å²) in [4.78, 5) is 40.5. The Labute approximate surface area is 224 Å². The third-order valence-corrected chi connectivity index (χ3v) is 8.60. The maximum Gasteiger partial charge on any atom is 0.257 e. The molecule has 1 aromatic rings. The molecule has 5 rings (SSSR count). The van der Waals surface area contributed by atoms with E-state index < -0.39 is 0 Å². The van der Waals surface area contributed by atoms with E-state index in [0.717, 1.165) is 13.0 Å². The maximum absolute atomic E-state index is 13.5. The monoisotopic (exact) mass is 527 g/mol. The second-order valence-corrected chi connectivity index (χ2v) is 11.3. The fourth-order valence-electron chi connectivity index (χ4n) is 6.24. The SMILES string of the molecule is CN1C(=O)c2cc(NC(=O)C3CCOCC3)ccc2OC[C@@H]2O[C@@H](CC(=O)NCC3CCCCC3)CC[C@@H]21. The quantitative estimate of drug-likeness (QED) is 0.587. The largest absolute Gasteiger partial charge is 0.490 e. The number of nitrogens with zero attached hydrogens (tertiary/aromatic N) is 1. The van der Waals surface area contributed by atoms with Crippen LogP contribution in [-0.4, -0.2) is 74.3 Å². The Kier molecular flexibility index (Phi) is 8.84. The van der Waals surface area contributed by atoms with Gasteiger partial charge in [0.15, 0.2) is 0 Å². The van der Waals surface area contributed by atoms with Crippen LogP contribution in [0.2, 0.25) is 0 Å². The third-order valence-electron chi connectivity index (χ3n) is 8.60. The van der Waals surface area contributed by atoms with Crippen molar-refractivity contribution in [1.82, 2.24) is 10.2 Å². The zero-order valence-corrected chi connectivity index (χ0v) is 22.4. The summed E-state index contributed by atoms with van der Waals surface area (Å²) >= 11 is 0. The zero-order valence-electron chi connectivity index (χ0n) is 22.4. The predicted octanol–water partition coefficient (Wildman–Crippen LogP) is 3.52. The minimum Gasteiger partial charge on any atom is -0.490 e. The molecule has 38 heavy (non-hydrogen) atoms. The molecule has 1 aromatic carbocycles. The summed E-state index contributed by atoms with van der Waals surface area (Å²) in [5.74, 6) is 0.817. The molecule has 1 aliphatic carbocycles. The van der Waals surface area contributed by atoms with Crippen LogP contribution in [0.15, 0.2) is 18.2 Å². The highest BCUT2D eigenvalue weighted by molar-refractivity contribution is 6.00. The van der Waals surface area contributed by atoms with Crippen molar-refractivity contribution >= 4 is 23.4 Å². The van der Waals surface area contributed by atoms with Crippen LogP contribution in [0.25, 0.3) is 0 Å². The lowest BCUT2D eigenvalue weighted by molar-refractivity contribution is -0.134. The van der Waals surface area contributed by atoms with E-state index in [2.05, 4.69) is 10.6 Å². The first-order valence-corrected chi connectivity index (χ1v) is 14.3. The van der Waals surface area contributed by atoms with Gasteiger partial charge in [0.05, 0.1) is 24.1 Å². The smallest absolute Gasteiger partial charge is 0.257 e. The molecule has 0 bridgehead atoms. The van der Waals surface area contributed by atoms with Gasteiger partial charge in [0.25, 0.3) is 5.91 Å². The molecule has 0 aromatic heterocycles. The highest BCUT2D eigenvalue weighted by atomic mass is 16.5. The number of rotatable bonds is 6. The normalized spacial score (nSPS) is 26.8. The number of benzene rings is 1. The van der Waals surface area contributed by atoms with E-state index in [1.807, 2.05) is 0 Å². The fraction of sp³-hybridized carbons (Fsp3) is 0.690. The van der Waals surface area contributed by atoms with E-state index in [9.17, 15) is 14.4 Å². The van der Waals surface area contributed by atoms with Gasteiger partial charge in [-0.15, -0.1) is 0 Å². The summed E-state index contributed by atoms with van der Waals surface area (Å²) in [6.07, 6.45) is 8.93. The highest BCUT2D eigenvalue weighted by Crippen LogP contribution is 2.33. The topological polar surface area (TPSA) is 106 Å². The average molecular weight is 528 g/mol. The van der Waals surface area contributed by atoms with Crippen molar-refractivity contribution < 1.29 is 28.6 Å². The number of hydrogen-bond acceptors (Lipinski definition) is 6. The molecule has 3 aliphatic heterocycles. The molecule has 0 spiro atoms. The number of fused-ring (bicyclic) bond motifs is 2. The van der Waals surface area contributed by atoms with Gasteiger partial charge in [-0.25, -0.2) is 0 Å². The lowest BCUT2D eigenvalue weighted by Gasteiger charge is -2.42. The number of amides is 3. The Morgan fingerprint density at radius 1 is 1.03 bits per heavy atom. The van der Waals surface area contributed by atoms with Gasteiger partial charge in [0, 0.05) is 38.4 Å². The lowest BCUT2D eigenvalue weighted by Crippen LogP contribution is -2.54. The second kappa shape index (κ2) is 12.5. The molecule has 9 nitrogen and oxygen atoms in total. The van der Waals surface area contributed by atoms with Crippen LogP contribution in [-0.2, 0) is 19.1 Å². The van der Waals surface area contributed by atoms with Gasteiger partial charge in [0.1, 0.15) is 18.5 Å². The Balaban J connectivity index is 1.18. The number of hydrogen-bond donors (Lipinski definition) is 2. The summed E-state index contributed by atoms with van der Waals surface area (Å²) in [7, 11) is 1.79. The standard InChI is InChI=1S/C29H41N3O6/c1-32-24-9-8-22(16-27(33)30-17-19-5-3-2-4-6-19)38-26(24)18-37-25-10-7-21(15-23(25)29(32)35)31-28(34)20-11-13-36-14-12-20/h7,10,15,19-20,22,24,26H,2-6,8-9,11-14,16-18H2,1H3,(H,30,33)(H,31,34)/t22-,24+,26+/m1/s1. The van der Waals surface area contributed by atoms with E-state index in [0.29, 0.717) is 68.4 Å². The summed E-state index contributed by atoms with van der Waals surface area (Å²) in [5, 5.41) is 6.07. The average Bonchev–Trinajstić information content (AvgIpc) is 2.95. The summed E-state index contributed by atoms with van der Waals surface area (Å²) in [6, 6.07) is 5.07. The van der Waals surface area contributed by atoms with Crippen LogP contribution in [0.5, 0.6) is 5.75 Å². The van der Waals surface area contributed by atoms with Crippen molar-refractivity contribution in [2.45, 2.75) is 82.5 Å². The van der Waals surface area contributed by atoms with E-state index in [-0.39, 0.29) is 41.9 Å². The Morgan fingerprint density at radius 3 is 2.61 bits per heavy atom. The zero-order chi connectivity index (χ0) is 26.5. The van der Waals surface area contributed by atoms with Crippen LogP contribution in [0, 0.1) is 11.8 Å². The molecule has 3 atom stereocenters. The summed E-state index contributed by atoms with van der Waals surface area (Å²) in [6.45, 7) is 2.24. The minimum atomic E-state index is -0.310. The number of nitrogens with one attached hydrogen (secondary N) is 2. The van der Waals surface area contributed by atoms with E-state index >= 15 is 0 Å². The van der Waals surface area contributed by atoms with Gasteiger partial charge >= 0.3 is 0 Å². The first-order valence-electron chi connectivity index (χ1n) is 14.3. The Bertz CT molecular complexity index is 1000. The molecule has 2 saturated heterocycles. The van der Waals surface area contributed by atoms with Gasteiger partial charge in [-0.05, 0) is 62.6 Å². The lowest BCUT2D eigenvalue weighted by atomic mass is 9.89. The first kappa shape index (κ1) is 26.9. The highest BCUT2D eigenvalue weighted by Gasteiger charge is 2.39. The van der Waals surface area contributed by atoms with Gasteiger partial charge in [-0.1, -0.05) is 19.3 Å². The summed E-state index contributed by atoms with van der Waals surface area (Å²) < 4.78 is 17.7. The molecular formula is C29H41N3O6. The van der Waals surface area contributed by atoms with Crippen molar-refractivity contribution in [3.63, 3.8) is 0 Å². The molecule has 0 unspecified atom stereocenters. The van der Waals surface area contributed by atoms with E-state index in [1.165, 1.54) is 32.1 Å². The van der Waals surface area contributed by atoms with Crippen LogP contribution in [0.4, 0.5) is 5.69 Å². The number of carbonyl (C=O) groups excluding carboxylic acids is 3. The van der Waals surface area contributed by atoms with Gasteiger partial charge in [0.2, 0.25) is 11.8 Å². The summed E-state index contributed by atoms with van der Waals surface area (Å²) in [5.41, 5.74) is 1.02. The molecule has 9 heteroatoms. The number of carbonyl (C=O) groups is 3. The van der Waals surface area contributed by atoms with Crippen LogP contribution in [0.1, 0.15) is 74.6 Å².